The van der Waals surface area contributed by atoms with Crippen molar-refractivity contribution in [3.8, 4) is 11.1 Å². The van der Waals surface area contributed by atoms with Gasteiger partial charge in [-0.1, -0.05) is 64.8 Å². The average Bonchev–Trinajstić information content (AvgIpc) is 3.13. The number of hydrogen-bond acceptors (Lipinski definition) is 1. The van der Waals surface area contributed by atoms with Gasteiger partial charge in [0.15, 0.2) is 7.51 Å². The van der Waals surface area contributed by atoms with E-state index in [0.717, 1.165) is 44.0 Å². The van der Waals surface area contributed by atoms with Crippen LogP contribution >= 0.6 is 30.0 Å². The summed E-state index contributed by atoms with van der Waals surface area (Å²) in [6.45, 7) is 0. The van der Waals surface area contributed by atoms with Crippen LogP contribution in [0.1, 0.15) is 0 Å². The topological polar surface area (TPSA) is 83.2 Å². The molecule has 58 heavy (non-hydrogen) atoms. The number of nitrogens with one attached hydrogen (secondary N) is 1. The highest BCUT2D eigenvalue weighted by molar-refractivity contribution is 7.71. The fourth-order valence-corrected chi connectivity index (χ4v) is 24.8. The SMILES string of the molecule is CN(C)P(=Nc1ccc2ccccc2c1-c1c(NP(=[N+]=P(N(C)C)(N(C)C)N(C)C)(N(C)C)N(C)C)ccc2ccccc12)(N=P(N(C)C)(N(C)C)N(C)C)N(C)C. The van der Waals surface area contributed by atoms with Crippen LogP contribution < -0.4 is 9.26 Å². The minimum Gasteiger partial charge on any atom is -0.281 e. The maximum Gasteiger partial charge on any atom is 0.453 e. The maximum atomic E-state index is 6.01. The molecule has 0 aromatic heterocycles. The maximum absolute atomic E-state index is 6.01. The van der Waals surface area contributed by atoms with Crippen molar-refractivity contribution in [3.05, 3.63) is 72.8 Å². The third-order valence-electron chi connectivity index (χ3n) is 10.5. The van der Waals surface area contributed by atoms with E-state index in [4.69, 9.17) is 13.4 Å². The third-order valence-corrected chi connectivity index (χ3v) is 26.2. The van der Waals surface area contributed by atoms with Crippen LogP contribution in [-0.4, -0.2) is 188 Å². The molecule has 0 amide bonds. The van der Waals surface area contributed by atoms with Gasteiger partial charge in [-0.25, -0.2) is 28.1 Å². The van der Waals surface area contributed by atoms with E-state index in [0.29, 0.717) is 0 Å². The molecule has 0 atom stereocenters. The largest absolute Gasteiger partial charge is 0.453 e. The number of hydrogen-bond donors (Lipinski definition) is 1. The van der Waals surface area contributed by atoms with Crippen molar-refractivity contribution in [2.45, 2.75) is 0 Å². The number of fused-ring (bicyclic) bond motifs is 2. The van der Waals surface area contributed by atoms with Crippen LogP contribution in [-0.2, 0) is 0 Å². The van der Waals surface area contributed by atoms with Gasteiger partial charge in [0.1, 0.15) is 0 Å². The van der Waals surface area contributed by atoms with Crippen molar-refractivity contribution < 1.29 is 0 Å². The van der Waals surface area contributed by atoms with E-state index in [1.54, 1.807) is 0 Å². The highest BCUT2D eigenvalue weighted by atomic mass is 31.2. The molecule has 4 aromatic carbocycles. The first-order chi connectivity index (χ1) is 27.0. The monoisotopic (exact) mass is 874 g/mol. The molecular weight excluding hydrogens is 800 g/mol. The Morgan fingerprint density at radius 1 is 0.431 bits per heavy atom. The Morgan fingerprint density at radius 3 is 1.24 bits per heavy atom. The molecule has 322 valence electrons. The van der Waals surface area contributed by atoms with Crippen molar-refractivity contribution in [1.29, 1.82) is 0 Å². The van der Waals surface area contributed by atoms with Crippen molar-refractivity contribution in [2.75, 3.05) is 146 Å². The molecule has 0 radical (unpaired) electrons. The molecule has 0 aliphatic carbocycles. The minimum absolute atomic E-state index is 0.888. The second kappa shape index (κ2) is 18.8. The predicted octanol–water partition coefficient (Wildman–Crippen LogP) is 9.17. The molecule has 14 nitrogen and oxygen atoms in total. The number of nitrogens with zero attached hydrogens (tertiary/aromatic N) is 13. The second-order valence-corrected chi connectivity index (χ2v) is 30.6. The molecule has 1 N–H and O–H groups in total. The van der Waals surface area contributed by atoms with Gasteiger partial charge in [-0.2, -0.15) is 13.9 Å². The molecule has 0 fully saturated rings. The first-order valence-corrected chi connectivity index (χ1v) is 25.8. The molecule has 18 heteroatoms. The van der Waals surface area contributed by atoms with E-state index < -0.39 is 30.0 Å². The van der Waals surface area contributed by atoms with Crippen LogP contribution in [0.25, 0.3) is 32.7 Å². The molecule has 0 unspecified atom stereocenters. The van der Waals surface area contributed by atoms with Gasteiger partial charge in [0.25, 0.3) is 0 Å². The zero-order valence-electron chi connectivity index (χ0n) is 39.0. The number of anilines is 1. The molecule has 0 saturated carbocycles. The van der Waals surface area contributed by atoms with Crippen LogP contribution in [0.3, 0.4) is 0 Å². The summed E-state index contributed by atoms with van der Waals surface area (Å²) in [5.41, 5.74) is 4.03. The fraction of sp³-hybridized carbons (Fsp3) is 0.500. The smallest absolute Gasteiger partial charge is 0.281 e. The lowest BCUT2D eigenvalue weighted by Crippen LogP contribution is -2.34. The molecule has 0 heterocycles. The number of benzene rings is 4. The van der Waals surface area contributed by atoms with Gasteiger partial charge < -0.3 is 0 Å². The lowest BCUT2D eigenvalue weighted by atomic mass is 9.91. The van der Waals surface area contributed by atoms with Gasteiger partial charge in [-0.3, -0.25) is 19.1 Å². The van der Waals surface area contributed by atoms with Crippen LogP contribution in [0.2, 0.25) is 0 Å². The van der Waals surface area contributed by atoms with Crippen molar-refractivity contribution in [3.63, 3.8) is 0 Å². The Labute approximate surface area is 351 Å². The average molecular weight is 874 g/mol. The lowest BCUT2D eigenvalue weighted by molar-refractivity contribution is 0.471. The fourth-order valence-electron chi connectivity index (χ4n) is 7.96. The van der Waals surface area contributed by atoms with E-state index in [-0.39, 0.29) is 0 Å². The molecule has 4 rings (SSSR count). The predicted molar refractivity (Wildman–Crippen MR) is 262 cm³/mol. The van der Waals surface area contributed by atoms with Crippen molar-refractivity contribution >= 4 is 62.9 Å². The summed E-state index contributed by atoms with van der Waals surface area (Å²) in [6.07, 6.45) is 0. The third kappa shape index (κ3) is 8.64. The van der Waals surface area contributed by atoms with E-state index >= 15 is 0 Å². The summed E-state index contributed by atoms with van der Waals surface area (Å²) in [7, 11) is 32.4. The van der Waals surface area contributed by atoms with E-state index in [2.05, 4.69) is 266 Å². The molecule has 0 aliphatic rings. The van der Waals surface area contributed by atoms with E-state index in [9.17, 15) is 0 Å². The molecule has 4 aromatic rings. The Kier molecular flexibility index (Phi) is 15.8. The Balaban J connectivity index is 2.41. The summed E-state index contributed by atoms with van der Waals surface area (Å²) in [6, 6.07) is 26.3. The van der Waals surface area contributed by atoms with Gasteiger partial charge >= 0.3 is 15.0 Å². The van der Waals surface area contributed by atoms with Crippen LogP contribution in [0.15, 0.2) is 82.1 Å². The summed E-state index contributed by atoms with van der Waals surface area (Å²) >= 11 is 0. The Morgan fingerprint density at radius 2 is 0.845 bits per heavy atom. The summed E-state index contributed by atoms with van der Waals surface area (Å²) in [4.78, 5) is 0. The normalized spacial score (nSPS) is 13.6. The first-order valence-electron chi connectivity index (χ1n) is 19.4. The van der Waals surface area contributed by atoms with Crippen molar-refractivity contribution in [1.82, 2.24) is 50.9 Å². The quantitative estimate of drug-likeness (QED) is 0.0918. The molecular formula is C40H73N14P4+. The van der Waals surface area contributed by atoms with Crippen LogP contribution in [0, 0.1) is 0 Å². The van der Waals surface area contributed by atoms with Crippen molar-refractivity contribution in [2.24, 2.45) is 9.26 Å². The van der Waals surface area contributed by atoms with Crippen LogP contribution in [0.5, 0.6) is 0 Å². The van der Waals surface area contributed by atoms with E-state index in [1.165, 1.54) is 0 Å². The van der Waals surface area contributed by atoms with Crippen LogP contribution in [0.4, 0.5) is 11.4 Å². The summed E-state index contributed by atoms with van der Waals surface area (Å²) in [5.74, 6) is 0. The summed E-state index contributed by atoms with van der Waals surface area (Å²) < 4.78 is 40.6. The highest BCUT2D eigenvalue weighted by Gasteiger charge is 2.46. The zero-order chi connectivity index (χ0) is 43.7. The first kappa shape index (κ1) is 48.5. The highest BCUT2D eigenvalue weighted by Crippen LogP contribution is 2.69. The summed E-state index contributed by atoms with van der Waals surface area (Å²) in [5, 5.41) is 8.76. The molecule has 0 saturated heterocycles. The van der Waals surface area contributed by atoms with Gasteiger partial charge in [0.2, 0.25) is 7.51 Å². The standard InChI is InChI=1S/C40H72N14P4/c1-45(2)55(46(3)4,43-57(49(9)10,50(11)12)51(13)14)41-37-31-29-33-25-21-23-27-35(33)39(37)40-36-28-24-22-26-34(36)30-32-38(40)42-56(47(5)6,48(7)8)44-58(52(15)16,53(17)18)54(19)20/h21-32H,1-20H3/p+1. The minimum atomic E-state index is -2.80. The van der Waals surface area contributed by atoms with Gasteiger partial charge in [-0.15, -0.1) is 0 Å². The second-order valence-electron chi connectivity index (χ2n) is 16.4. The molecule has 0 spiro atoms. The zero-order valence-corrected chi connectivity index (χ0v) is 42.6. The molecule has 0 bridgehead atoms. The number of rotatable bonds is 15. The van der Waals surface area contributed by atoms with E-state index in [1.807, 2.05) is 0 Å². The lowest BCUT2D eigenvalue weighted by Gasteiger charge is -2.44. The van der Waals surface area contributed by atoms with Gasteiger partial charge in [0, 0.05) is 11.1 Å². The van der Waals surface area contributed by atoms with Gasteiger partial charge in [-0.05, 0) is 175 Å². The Hall–Kier alpha value is -2.17. The Bertz CT molecular complexity index is 2240. The molecule has 0 aliphatic heterocycles. The van der Waals surface area contributed by atoms with Gasteiger partial charge in [0.05, 0.1) is 11.4 Å².